The molecule has 2 rings (SSSR count). The van der Waals surface area contributed by atoms with Crippen LogP contribution in [0.15, 0.2) is 48.5 Å². The van der Waals surface area contributed by atoms with E-state index in [1.165, 1.54) is 24.0 Å². The molecule has 0 aliphatic heterocycles. The van der Waals surface area contributed by atoms with E-state index >= 15 is 0 Å². The second-order valence-corrected chi connectivity index (χ2v) is 6.06. The van der Waals surface area contributed by atoms with Crippen molar-refractivity contribution in [1.82, 2.24) is 5.32 Å². The van der Waals surface area contributed by atoms with Crippen LogP contribution in [0, 0.1) is 5.82 Å². The molecule has 0 aliphatic rings. The molecular weight excluding hydrogens is 343 g/mol. The highest BCUT2D eigenvalue weighted by Crippen LogP contribution is 2.19. The van der Waals surface area contributed by atoms with Gasteiger partial charge in [-0.1, -0.05) is 29.8 Å². The van der Waals surface area contributed by atoms with Crippen molar-refractivity contribution < 1.29 is 14.0 Å². The van der Waals surface area contributed by atoms with E-state index in [0.29, 0.717) is 23.7 Å². The lowest BCUT2D eigenvalue weighted by molar-refractivity contribution is -0.121. The molecule has 2 amide bonds. The Labute approximate surface area is 151 Å². The first-order valence-corrected chi connectivity index (χ1v) is 8.38. The van der Waals surface area contributed by atoms with E-state index in [9.17, 15) is 14.0 Å². The summed E-state index contributed by atoms with van der Waals surface area (Å²) in [7, 11) is 0. The van der Waals surface area contributed by atoms with Gasteiger partial charge in [-0.2, -0.15) is 0 Å². The van der Waals surface area contributed by atoms with Crippen LogP contribution in [-0.4, -0.2) is 24.9 Å². The Bertz CT molecular complexity index is 734. The number of hydrogen-bond acceptors (Lipinski definition) is 2. The van der Waals surface area contributed by atoms with E-state index in [1.54, 1.807) is 36.4 Å². The third-order valence-corrected chi connectivity index (χ3v) is 3.95. The second kappa shape index (κ2) is 9.18. The number of hydrogen-bond donors (Lipinski definition) is 1. The van der Waals surface area contributed by atoms with Gasteiger partial charge in [-0.05, 0) is 42.3 Å². The van der Waals surface area contributed by atoms with Gasteiger partial charge >= 0.3 is 0 Å². The summed E-state index contributed by atoms with van der Waals surface area (Å²) >= 11 is 5.95. The van der Waals surface area contributed by atoms with Crippen molar-refractivity contribution in [2.75, 3.05) is 18.0 Å². The Morgan fingerprint density at radius 3 is 2.52 bits per heavy atom. The van der Waals surface area contributed by atoms with E-state index < -0.39 is 0 Å². The zero-order valence-corrected chi connectivity index (χ0v) is 14.7. The Hall–Kier alpha value is -2.40. The molecule has 0 bridgehead atoms. The van der Waals surface area contributed by atoms with Gasteiger partial charge in [0.1, 0.15) is 5.82 Å². The topological polar surface area (TPSA) is 49.4 Å². The van der Waals surface area contributed by atoms with E-state index in [0.717, 1.165) is 5.56 Å². The summed E-state index contributed by atoms with van der Waals surface area (Å²) < 4.78 is 12.8. The fraction of sp³-hybridized carbons (Fsp3) is 0.263. The predicted molar refractivity (Wildman–Crippen MR) is 97.2 cm³/mol. The van der Waals surface area contributed by atoms with Gasteiger partial charge in [-0.25, -0.2) is 4.39 Å². The standard InChI is InChI=1S/C19H20ClFN2O2/c1-14(24)23(18-4-2-3-16(20)13-18)12-10-19(25)22-11-9-15-5-7-17(21)8-6-15/h2-8,13H,9-12H2,1H3,(H,22,25). The van der Waals surface area contributed by atoms with Gasteiger partial charge in [0.25, 0.3) is 0 Å². The Morgan fingerprint density at radius 1 is 1.16 bits per heavy atom. The second-order valence-electron chi connectivity index (χ2n) is 5.63. The van der Waals surface area contributed by atoms with E-state index in [2.05, 4.69) is 5.32 Å². The minimum Gasteiger partial charge on any atom is -0.356 e. The van der Waals surface area contributed by atoms with E-state index in [4.69, 9.17) is 11.6 Å². The van der Waals surface area contributed by atoms with Crippen LogP contribution in [-0.2, 0) is 16.0 Å². The van der Waals surface area contributed by atoms with Crippen LogP contribution in [0.25, 0.3) is 0 Å². The first-order chi connectivity index (χ1) is 12.0. The Kier molecular flexibility index (Phi) is 6.95. The van der Waals surface area contributed by atoms with Crippen LogP contribution in [0.3, 0.4) is 0 Å². The van der Waals surface area contributed by atoms with Gasteiger partial charge in [-0.15, -0.1) is 0 Å². The molecule has 0 unspecified atom stereocenters. The van der Waals surface area contributed by atoms with Crippen LogP contribution in [0.5, 0.6) is 0 Å². The third kappa shape index (κ3) is 6.19. The number of benzene rings is 2. The molecule has 4 nitrogen and oxygen atoms in total. The van der Waals surface area contributed by atoms with Crippen LogP contribution in [0.1, 0.15) is 18.9 Å². The monoisotopic (exact) mass is 362 g/mol. The van der Waals surface area contributed by atoms with Gasteiger partial charge in [0.15, 0.2) is 0 Å². The quantitative estimate of drug-likeness (QED) is 0.818. The smallest absolute Gasteiger partial charge is 0.223 e. The fourth-order valence-corrected chi connectivity index (χ4v) is 2.60. The third-order valence-electron chi connectivity index (χ3n) is 3.71. The van der Waals surface area contributed by atoms with Crippen LogP contribution in [0.4, 0.5) is 10.1 Å². The lowest BCUT2D eigenvalue weighted by Gasteiger charge is -2.21. The first kappa shape index (κ1) is 18.9. The summed E-state index contributed by atoms with van der Waals surface area (Å²) in [6, 6.07) is 13.1. The van der Waals surface area contributed by atoms with Gasteiger partial charge in [0.2, 0.25) is 11.8 Å². The summed E-state index contributed by atoms with van der Waals surface area (Å²) in [4.78, 5) is 25.3. The van der Waals surface area contributed by atoms with Crippen LogP contribution in [0.2, 0.25) is 5.02 Å². The molecule has 0 fully saturated rings. The maximum absolute atomic E-state index is 12.8. The highest BCUT2D eigenvalue weighted by molar-refractivity contribution is 6.30. The number of carbonyl (C=O) groups is 2. The normalized spacial score (nSPS) is 10.4. The molecule has 0 radical (unpaired) electrons. The molecule has 1 N–H and O–H groups in total. The zero-order valence-electron chi connectivity index (χ0n) is 14.0. The number of anilines is 1. The highest BCUT2D eigenvalue weighted by atomic mass is 35.5. The fourth-order valence-electron chi connectivity index (χ4n) is 2.41. The van der Waals surface area contributed by atoms with Crippen molar-refractivity contribution in [3.63, 3.8) is 0 Å². The van der Waals surface area contributed by atoms with Gasteiger partial charge < -0.3 is 10.2 Å². The molecule has 0 atom stereocenters. The van der Waals surface area contributed by atoms with E-state index in [1.807, 2.05) is 0 Å². The van der Waals surface area contributed by atoms with Crippen molar-refractivity contribution in [2.45, 2.75) is 19.8 Å². The maximum Gasteiger partial charge on any atom is 0.223 e. The molecule has 2 aromatic rings. The zero-order chi connectivity index (χ0) is 18.2. The molecule has 0 aliphatic carbocycles. The molecule has 0 heterocycles. The molecule has 0 saturated carbocycles. The maximum atomic E-state index is 12.8. The largest absolute Gasteiger partial charge is 0.356 e. The number of nitrogens with zero attached hydrogens (tertiary/aromatic N) is 1. The summed E-state index contributed by atoms with van der Waals surface area (Å²) in [5, 5.41) is 3.34. The summed E-state index contributed by atoms with van der Waals surface area (Å²) in [5.41, 5.74) is 1.62. The van der Waals surface area contributed by atoms with Crippen molar-refractivity contribution in [3.8, 4) is 0 Å². The number of rotatable bonds is 7. The minimum atomic E-state index is -0.280. The molecule has 2 aromatic carbocycles. The summed E-state index contributed by atoms with van der Waals surface area (Å²) in [6.45, 7) is 2.19. The van der Waals surface area contributed by atoms with Crippen LogP contribution >= 0.6 is 11.6 Å². The van der Waals surface area contributed by atoms with Crippen LogP contribution < -0.4 is 10.2 Å². The average Bonchev–Trinajstić information content (AvgIpc) is 2.56. The number of carbonyl (C=O) groups excluding carboxylic acids is 2. The highest BCUT2D eigenvalue weighted by Gasteiger charge is 2.13. The molecule has 25 heavy (non-hydrogen) atoms. The predicted octanol–water partition coefficient (Wildman–Crippen LogP) is 3.58. The van der Waals surface area contributed by atoms with E-state index in [-0.39, 0.29) is 30.6 Å². The number of halogens is 2. The van der Waals surface area contributed by atoms with Crippen molar-refractivity contribution >= 4 is 29.1 Å². The Balaban J connectivity index is 1.81. The Morgan fingerprint density at radius 2 is 1.88 bits per heavy atom. The van der Waals surface area contributed by atoms with Crippen molar-refractivity contribution in [3.05, 3.63) is 64.9 Å². The molecule has 0 spiro atoms. The van der Waals surface area contributed by atoms with Crippen molar-refractivity contribution in [2.24, 2.45) is 0 Å². The number of amides is 2. The van der Waals surface area contributed by atoms with Crippen molar-refractivity contribution in [1.29, 1.82) is 0 Å². The molecule has 6 heteroatoms. The SMILES string of the molecule is CC(=O)N(CCC(=O)NCCc1ccc(F)cc1)c1cccc(Cl)c1. The van der Waals surface area contributed by atoms with Gasteiger partial charge in [-0.3, -0.25) is 9.59 Å². The lowest BCUT2D eigenvalue weighted by atomic mass is 10.1. The molecule has 0 saturated heterocycles. The summed E-state index contributed by atoms with van der Waals surface area (Å²) in [6.07, 6.45) is 0.812. The van der Waals surface area contributed by atoms with Gasteiger partial charge in [0, 0.05) is 37.1 Å². The molecule has 132 valence electrons. The average molecular weight is 363 g/mol. The number of nitrogens with one attached hydrogen (secondary N) is 1. The molecular formula is C19H20ClFN2O2. The minimum absolute atomic E-state index is 0.143. The molecule has 0 aromatic heterocycles. The van der Waals surface area contributed by atoms with Gasteiger partial charge in [0.05, 0.1) is 0 Å². The first-order valence-electron chi connectivity index (χ1n) is 8.00. The lowest BCUT2D eigenvalue weighted by Crippen LogP contribution is -2.34. The summed E-state index contributed by atoms with van der Waals surface area (Å²) in [5.74, 6) is -0.574.